The number of fused-ring (bicyclic) bond motifs is 11. The van der Waals surface area contributed by atoms with Crippen molar-refractivity contribution in [2.45, 2.75) is 0 Å². The number of thiophene rings is 1. The largest absolute Gasteiger partial charge is 0.456 e. The fourth-order valence-electron chi connectivity index (χ4n) is 7.64. The number of hydrogen-bond acceptors (Lipinski definition) is 4. The van der Waals surface area contributed by atoms with Crippen molar-refractivity contribution in [2.24, 2.45) is 0 Å². The molecule has 228 valence electrons. The van der Waals surface area contributed by atoms with Gasteiger partial charge in [0.05, 0.1) is 21.3 Å². The van der Waals surface area contributed by atoms with E-state index < -0.39 is 0 Å². The molecule has 0 unspecified atom stereocenters. The molecule has 4 heterocycles. The highest BCUT2D eigenvalue weighted by Crippen LogP contribution is 2.43. The molecule has 11 aromatic rings. The third-order valence-electron chi connectivity index (χ3n) is 9.82. The van der Waals surface area contributed by atoms with Crippen molar-refractivity contribution < 1.29 is 4.42 Å². The summed E-state index contributed by atoms with van der Waals surface area (Å²) in [6.45, 7) is 0. The first-order chi connectivity index (χ1) is 24.3. The molecule has 0 bridgehead atoms. The van der Waals surface area contributed by atoms with E-state index in [0.29, 0.717) is 5.82 Å². The van der Waals surface area contributed by atoms with Crippen molar-refractivity contribution >= 4 is 86.2 Å². The van der Waals surface area contributed by atoms with Gasteiger partial charge in [-0.15, -0.1) is 11.3 Å². The smallest absolute Gasteiger partial charge is 0.163 e. The molecule has 0 radical (unpaired) electrons. The summed E-state index contributed by atoms with van der Waals surface area (Å²) in [7, 11) is 0. The van der Waals surface area contributed by atoms with Gasteiger partial charge in [0.1, 0.15) is 11.2 Å². The molecule has 49 heavy (non-hydrogen) atoms. The van der Waals surface area contributed by atoms with Gasteiger partial charge in [-0.2, -0.15) is 0 Å². The quantitative estimate of drug-likeness (QED) is 0.192. The van der Waals surface area contributed by atoms with E-state index in [4.69, 9.17) is 14.4 Å². The molecule has 0 aliphatic heterocycles. The summed E-state index contributed by atoms with van der Waals surface area (Å²) in [6, 6.07) is 53.5. The minimum absolute atomic E-state index is 0.677. The lowest BCUT2D eigenvalue weighted by molar-refractivity contribution is 0.669. The summed E-state index contributed by atoms with van der Waals surface area (Å²) < 4.78 is 11.1. The van der Waals surface area contributed by atoms with Crippen molar-refractivity contribution in [3.8, 4) is 28.3 Å². The van der Waals surface area contributed by atoms with Gasteiger partial charge < -0.3 is 4.42 Å². The number of para-hydroxylation sites is 1. The summed E-state index contributed by atoms with van der Waals surface area (Å²) in [5.74, 6) is 1.56. The number of rotatable bonds is 3. The Hall–Kier alpha value is -6.30. The van der Waals surface area contributed by atoms with Crippen molar-refractivity contribution in [3.05, 3.63) is 152 Å². The Bertz CT molecular complexity index is 3110. The van der Waals surface area contributed by atoms with Crippen LogP contribution in [0, 0.1) is 0 Å². The van der Waals surface area contributed by atoms with E-state index in [0.717, 1.165) is 65.5 Å². The monoisotopic (exact) mass is 643 g/mol. The SMILES string of the molecule is c1ccc(-c2ccc3oc4cccc(-c5nc(-n6c7ccccc7c7c8ccccc8ccc76)c6sc7ccccc7c6n5)c4c3c2)cc1. The van der Waals surface area contributed by atoms with Crippen LogP contribution in [0.1, 0.15) is 0 Å². The molecule has 5 heteroatoms. The molecule has 0 aliphatic rings. The van der Waals surface area contributed by atoms with Crippen LogP contribution in [0.3, 0.4) is 0 Å². The molecule has 0 spiro atoms. The van der Waals surface area contributed by atoms with Crippen molar-refractivity contribution in [1.29, 1.82) is 0 Å². The molecule has 0 aliphatic carbocycles. The molecular formula is C44H25N3OS. The average molecular weight is 644 g/mol. The van der Waals surface area contributed by atoms with Gasteiger partial charge in [-0.3, -0.25) is 4.57 Å². The summed E-state index contributed by atoms with van der Waals surface area (Å²) >= 11 is 1.75. The first-order valence-electron chi connectivity index (χ1n) is 16.4. The lowest BCUT2D eigenvalue weighted by Gasteiger charge is -2.11. The summed E-state index contributed by atoms with van der Waals surface area (Å²) in [4.78, 5) is 10.9. The van der Waals surface area contributed by atoms with Crippen LogP contribution in [0.2, 0.25) is 0 Å². The minimum atomic E-state index is 0.677. The van der Waals surface area contributed by atoms with Gasteiger partial charge in [-0.25, -0.2) is 9.97 Å². The molecule has 11 rings (SSSR count). The fraction of sp³-hybridized carbons (Fsp3) is 0. The van der Waals surface area contributed by atoms with Crippen LogP contribution in [-0.2, 0) is 0 Å². The standard InChI is InChI=1S/C44H25N3OS/c1-2-11-26(12-3-1)28-22-24-36-33(25-28)40-32(17-10-19-37(40)48-36)43-45-41-31-16-7-9-20-38(31)49-42(41)44(46-43)47-34-18-8-6-15-30(34)39-29-14-5-4-13-27(29)21-23-35(39)47/h1-25H. The van der Waals surface area contributed by atoms with E-state index in [1.54, 1.807) is 11.3 Å². The molecule has 0 amide bonds. The molecule has 0 saturated carbocycles. The lowest BCUT2D eigenvalue weighted by Crippen LogP contribution is -2.01. The number of benzene rings is 7. The second-order valence-corrected chi connectivity index (χ2v) is 13.6. The van der Waals surface area contributed by atoms with Gasteiger partial charge in [-0.1, -0.05) is 115 Å². The maximum Gasteiger partial charge on any atom is 0.163 e. The van der Waals surface area contributed by atoms with Crippen LogP contribution in [0.15, 0.2) is 156 Å². The molecule has 4 aromatic heterocycles. The normalized spacial score (nSPS) is 12.1. The zero-order valence-corrected chi connectivity index (χ0v) is 26.9. The molecule has 0 saturated heterocycles. The third kappa shape index (κ3) is 3.85. The first-order valence-corrected chi connectivity index (χ1v) is 17.2. The minimum Gasteiger partial charge on any atom is -0.456 e. The van der Waals surface area contributed by atoms with Crippen LogP contribution < -0.4 is 0 Å². The zero-order chi connectivity index (χ0) is 32.1. The highest BCUT2D eigenvalue weighted by atomic mass is 32.1. The molecule has 4 nitrogen and oxygen atoms in total. The van der Waals surface area contributed by atoms with Crippen molar-refractivity contribution in [2.75, 3.05) is 0 Å². The Kier molecular flexibility index (Phi) is 5.51. The van der Waals surface area contributed by atoms with E-state index in [2.05, 4.69) is 138 Å². The molecule has 7 aromatic carbocycles. The summed E-state index contributed by atoms with van der Waals surface area (Å²) in [5, 5.41) is 8.11. The second-order valence-electron chi connectivity index (χ2n) is 12.5. The molecule has 0 atom stereocenters. The van der Waals surface area contributed by atoms with E-state index in [1.165, 1.54) is 31.8 Å². The maximum absolute atomic E-state index is 6.45. The molecule has 0 fully saturated rings. The van der Waals surface area contributed by atoms with Crippen LogP contribution >= 0.6 is 11.3 Å². The van der Waals surface area contributed by atoms with Gasteiger partial charge in [0.25, 0.3) is 0 Å². The van der Waals surface area contributed by atoms with Gasteiger partial charge >= 0.3 is 0 Å². The van der Waals surface area contributed by atoms with Crippen LogP contribution in [-0.4, -0.2) is 14.5 Å². The Labute approximate surface area is 284 Å². The molecular weight excluding hydrogens is 619 g/mol. The second kappa shape index (κ2) is 10.1. The Morgan fingerprint density at radius 2 is 1.31 bits per heavy atom. The highest BCUT2D eigenvalue weighted by Gasteiger charge is 2.23. The molecule has 0 N–H and O–H groups in total. The van der Waals surface area contributed by atoms with E-state index >= 15 is 0 Å². The first kappa shape index (κ1) is 26.7. The van der Waals surface area contributed by atoms with Gasteiger partial charge in [0, 0.05) is 37.2 Å². The van der Waals surface area contributed by atoms with E-state index in [9.17, 15) is 0 Å². The lowest BCUT2D eigenvalue weighted by atomic mass is 10.0. The van der Waals surface area contributed by atoms with Crippen molar-refractivity contribution in [3.63, 3.8) is 0 Å². The highest BCUT2D eigenvalue weighted by molar-refractivity contribution is 7.26. The van der Waals surface area contributed by atoms with Gasteiger partial charge in [0.2, 0.25) is 0 Å². The number of aromatic nitrogens is 3. The summed E-state index contributed by atoms with van der Waals surface area (Å²) in [5.41, 5.74) is 8.14. The zero-order valence-electron chi connectivity index (χ0n) is 26.1. The van der Waals surface area contributed by atoms with Gasteiger partial charge in [-0.05, 0) is 58.3 Å². The number of nitrogens with zero attached hydrogens (tertiary/aromatic N) is 3. The Balaban J connectivity index is 1.27. The average Bonchev–Trinajstić information content (AvgIpc) is 3.84. The number of hydrogen-bond donors (Lipinski definition) is 0. The van der Waals surface area contributed by atoms with Crippen LogP contribution in [0.4, 0.5) is 0 Å². The predicted octanol–water partition coefficient (Wildman–Crippen LogP) is 12.3. The maximum atomic E-state index is 6.45. The van der Waals surface area contributed by atoms with Gasteiger partial charge in [0.15, 0.2) is 11.6 Å². The summed E-state index contributed by atoms with van der Waals surface area (Å²) in [6.07, 6.45) is 0. The third-order valence-corrected chi connectivity index (χ3v) is 11.0. The Morgan fingerprint density at radius 3 is 2.22 bits per heavy atom. The van der Waals surface area contributed by atoms with Crippen molar-refractivity contribution in [1.82, 2.24) is 14.5 Å². The number of furan rings is 1. The Morgan fingerprint density at radius 1 is 0.510 bits per heavy atom. The van der Waals surface area contributed by atoms with Crippen LogP contribution in [0.25, 0.3) is 103 Å². The predicted molar refractivity (Wildman–Crippen MR) is 205 cm³/mol. The van der Waals surface area contributed by atoms with E-state index in [1.807, 2.05) is 18.2 Å². The topological polar surface area (TPSA) is 43.9 Å². The van der Waals surface area contributed by atoms with Crippen LogP contribution in [0.5, 0.6) is 0 Å². The fourth-order valence-corrected chi connectivity index (χ4v) is 8.76. The van der Waals surface area contributed by atoms with E-state index in [-0.39, 0.29) is 0 Å².